The number of aryl methyl sites for hydroxylation is 1. The maximum absolute atomic E-state index is 11.6. The van der Waals surface area contributed by atoms with Crippen molar-refractivity contribution in [1.29, 1.82) is 0 Å². The summed E-state index contributed by atoms with van der Waals surface area (Å²) in [7, 11) is 0. The van der Waals surface area contributed by atoms with E-state index in [4.69, 9.17) is 9.84 Å². The third-order valence-corrected chi connectivity index (χ3v) is 3.37. The minimum absolute atomic E-state index is 0.281. The minimum Gasteiger partial charge on any atom is -0.480 e. The van der Waals surface area contributed by atoms with Crippen LogP contribution in [0.4, 0.5) is 4.79 Å². The van der Waals surface area contributed by atoms with Gasteiger partial charge in [0, 0.05) is 30.4 Å². The van der Waals surface area contributed by atoms with Crippen LogP contribution in [0.2, 0.25) is 0 Å². The Morgan fingerprint density at radius 3 is 2.71 bits per heavy atom. The number of alkyl carbamates (subject to hydrolysis) is 1. The number of carbonyl (C=O) groups excluding carboxylic acids is 1. The van der Waals surface area contributed by atoms with E-state index in [9.17, 15) is 9.59 Å². The second-order valence-electron chi connectivity index (χ2n) is 5.41. The van der Waals surface area contributed by atoms with E-state index in [1.54, 1.807) is 33.3 Å². The molecule has 118 valence electrons. The topological polar surface area (TPSA) is 93.5 Å². The summed E-state index contributed by atoms with van der Waals surface area (Å²) in [5, 5.41) is 11.5. The van der Waals surface area contributed by atoms with Crippen molar-refractivity contribution in [3.05, 3.63) is 18.7 Å². The summed E-state index contributed by atoms with van der Waals surface area (Å²) >= 11 is 1.45. The van der Waals surface area contributed by atoms with Gasteiger partial charge >= 0.3 is 12.1 Å². The Labute approximate surface area is 128 Å². The Balaban J connectivity index is 2.32. The lowest BCUT2D eigenvalue weighted by Gasteiger charge is -2.21. The van der Waals surface area contributed by atoms with E-state index in [0.29, 0.717) is 0 Å². The molecular formula is C13H21N3O4S. The summed E-state index contributed by atoms with van der Waals surface area (Å²) in [6, 6.07) is -0.965. The van der Waals surface area contributed by atoms with Crippen molar-refractivity contribution in [1.82, 2.24) is 14.9 Å². The number of aliphatic carboxylic acids is 1. The van der Waals surface area contributed by atoms with Crippen LogP contribution < -0.4 is 5.32 Å². The van der Waals surface area contributed by atoms with E-state index in [2.05, 4.69) is 10.3 Å². The molecular weight excluding hydrogens is 294 g/mol. The number of carbonyl (C=O) groups is 2. The first-order valence-corrected chi connectivity index (χ1v) is 7.69. The second kappa shape index (κ2) is 7.92. The molecule has 2 N–H and O–H groups in total. The van der Waals surface area contributed by atoms with Crippen LogP contribution in [0.3, 0.4) is 0 Å². The Morgan fingerprint density at radius 2 is 2.19 bits per heavy atom. The highest BCUT2D eigenvalue weighted by Gasteiger charge is 2.23. The highest BCUT2D eigenvalue weighted by molar-refractivity contribution is 7.99. The fourth-order valence-electron chi connectivity index (χ4n) is 1.41. The van der Waals surface area contributed by atoms with Gasteiger partial charge in [-0.1, -0.05) is 0 Å². The highest BCUT2D eigenvalue weighted by atomic mass is 32.2. The molecule has 0 spiro atoms. The Hall–Kier alpha value is -1.70. The summed E-state index contributed by atoms with van der Waals surface area (Å²) in [5.74, 6) is -0.0599. The lowest BCUT2D eigenvalue weighted by molar-refractivity contribution is -0.138. The fourth-order valence-corrected chi connectivity index (χ4v) is 2.38. The summed E-state index contributed by atoms with van der Waals surface area (Å²) in [6.45, 7) is 5.91. The first kappa shape index (κ1) is 17.4. The van der Waals surface area contributed by atoms with E-state index in [1.165, 1.54) is 11.8 Å². The van der Waals surface area contributed by atoms with Crippen molar-refractivity contribution in [2.75, 3.05) is 11.5 Å². The quantitative estimate of drug-likeness (QED) is 0.742. The lowest BCUT2D eigenvalue weighted by Crippen LogP contribution is -2.45. The van der Waals surface area contributed by atoms with Crippen LogP contribution in [0.15, 0.2) is 18.7 Å². The molecule has 0 fully saturated rings. The van der Waals surface area contributed by atoms with E-state index >= 15 is 0 Å². The molecule has 0 aromatic carbocycles. The van der Waals surface area contributed by atoms with Gasteiger partial charge in [-0.2, -0.15) is 11.8 Å². The number of carboxylic acid groups (broad SMARTS) is 1. The van der Waals surface area contributed by atoms with Gasteiger partial charge in [0.25, 0.3) is 0 Å². The maximum atomic E-state index is 11.6. The molecule has 1 heterocycles. The molecule has 1 unspecified atom stereocenters. The average Bonchev–Trinajstić information content (AvgIpc) is 2.83. The van der Waals surface area contributed by atoms with E-state index < -0.39 is 23.7 Å². The molecule has 0 saturated heterocycles. The van der Waals surface area contributed by atoms with Crippen molar-refractivity contribution in [3.8, 4) is 0 Å². The maximum Gasteiger partial charge on any atom is 0.408 e. The number of aromatic nitrogens is 2. The van der Waals surface area contributed by atoms with Crippen LogP contribution >= 0.6 is 11.8 Å². The molecule has 1 aromatic rings. The SMILES string of the molecule is CC(C)(C)OC(=O)NC(CSCCn1ccnc1)C(=O)O. The standard InChI is InChI=1S/C13H21N3O4S/c1-13(2,3)20-12(19)15-10(11(17)18)8-21-7-6-16-5-4-14-9-16/h4-5,9-10H,6-8H2,1-3H3,(H,15,19)(H,17,18). The van der Waals surface area contributed by atoms with Crippen LogP contribution in [-0.2, 0) is 16.1 Å². The number of carboxylic acids is 1. The minimum atomic E-state index is -1.07. The molecule has 21 heavy (non-hydrogen) atoms. The molecule has 8 heteroatoms. The monoisotopic (exact) mass is 315 g/mol. The van der Waals surface area contributed by atoms with Gasteiger partial charge in [0.2, 0.25) is 0 Å². The van der Waals surface area contributed by atoms with Crippen molar-refractivity contribution >= 4 is 23.8 Å². The van der Waals surface area contributed by atoms with Gasteiger partial charge in [0.15, 0.2) is 0 Å². The molecule has 0 aliphatic carbocycles. The fraction of sp³-hybridized carbons (Fsp3) is 0.615. The Morgan fingerprint density at radius 1 is 1.48 bits per heavy atom. The zero-order valence-corrected chi connectivity index (χ0v) is 13.2. The number of nitrogens with zero attached hydrogens (tertiary/aromatic N) is 2. The van der Waals surface area contributed by atoms with Crippen LogP contribution in [-0.4, -0.2) is 49.9 Å². The van der Waals surface area contributed by atoms with Crippen LogP contribution in [0, 0.1) is 0 Å². The number of ether oxygens (including phenoxy) is 1. The van der Waals surface area contributed by atoms with Gasteiger partial charge in [-0.25, -0.2) is 14.6 Å². The third-order valence-electron chi connectivity index (χ3n) is 2.33. The number of hydrogen-bond acceptors (Lipinski definition) is 5. The second-order valence-corrected chi connectivity index (χ2v) is 6.56. The van der Waals surface area contributed by atoms with Crippen LogP contribution in [0.25, 0.3) is 0 Å². The van der Waals surface area contributed by atoms with Gasteiger partial charge in [0.1, 0.15) is 11.6 Å². The van der Waals surface area contributed by atoms with Crippen molar-refractivity contribution in [2.24, 2.45) is 0 Å². The molecule has 7 nitrogen and oxygen atoms in total. The zero-order chi connectivity index (χ0) is 15.9. The highest BCUT2D eigenvalue weighted by Crippen LogP contribution is 2.09. The van der Waals surface area contributed by atoms with Crippen molar-refractivity contribution < 1.29 is 19.4 Å². The molecule has 1 aromatic heterocycles. The normalized spacial score (nSPS) is 12.7. The summed E-state index contributed by atoms with van der Waals surface area (Å²) in [4.78, 5) is 26.6. The molecule has 0 saturated carbocycles. The lowest BCUT2D eigenvalue weighted by atomic mass is 10.2. The van der Waals surface area contributed by atoms with Gasteiger partial charge in [-0.05, 0) is 20.8 Å². The van der Waals surface area contributed by atoms with Gasteiger partial charge in [0.05, 0.1) is 6.33 Å². The number of hydrogen-bond donors (Lipinski definition) is 2. The van der Waals surface area contributed by atoms with Crippen LogP contribution in [0.5, 0.6) is 0 Å². The smallest absolute Gasteiger partial charge is 0.408 e. The van der Waals surface area contributed by atoms with Crippen LogP contribution in [0.1, 0.15) is 20.8 Å². The first-order chi connectivity index (χ1) is 9.78. The van der Waals surface area contributed by atoms with E-state index in [0.717, 1.165) is 12.3 Å². The summed E-state index contributed by atoms with van der Waals surface area (Å²) in [6.07, 6.45) is 4.52. The van der Waals surface area contributed by atoms with Crippen molar-refractivity contribution in [3.63, 3.8) is 0 Å². The van der Waals surface area contributed by atoms with E-state index in [1.807, 2.05) is 10.8 Å². The summed E-state index contributed by atoms with van der Waals surface area (Å²) in [5.41, 5.74) is -0.651. The van der Waals surface area contributed by atoms with Gasteiger partial charge < -0.3 is 19.7 Å². The predicted molar refractivity (Wildman–Crippen MR) is 80.3 cm³/mol. The number of amides is 1. The van der Waals surface area contributed by atoms with Gasteiger partial charge in [-0.3, -0.25) is 0 Å². The predicted octanol–water partition coefficient (Wildman–Crippen LogP) is 1.59. The third kappa shape index (κ3) is 7.60. The number of rotatable bonds is 7. The molecule has 0 radical (unpaired) electrons. The molecule has 0 aliphatic heterocycles. The van der Waals surface area contributed by atoms with E-state index in [-0.39, 0.29) is 5.75 Å². The number of imidazole rings is 1. The number of thioether (sulfide) groups is 1. The summed E-state index contributed by atoms with van der Waals surface area (Å²) < 4.78 is 6.96. The molecule has 1 atom stereocenters. The largest absolute Gasteiger partial charge is 0.480 e. The van der Waals surface area contributed by atoms with Gasteiger partial charge in [-0.15, -0.1) is 0 Å². The molecule has 0 aliphatic rings. The Kier molecular flexibility index (Phi) is 6.54. The molecule has 0 bridgehead atoms. The van der Waals surface area contributed by atoms with Crippen molar-refractivity contribution in [2.45, 2.75) is 39.0 Å². The Bertz CT molecular complexity index is 456. The number of nitrogens with one attached hydrogen (secondary N) is 1. The molecule has 1 amide bonds. The first-order valence-electron chi connectivity index (χ1n) is 6.54. The average molecular weight is 315 g/mol. The zero-order valence-electron chi connectivity index (χ0n) is 12.4. The molecule has 1 rings (SSSR count).